The van der Waals surface area contributed by atoms with Crippen molar-refractivity contribution in [3.8, 4) is 0 Å². The van der Waals surface area contributed by atoms with Crippen LogP contribution in [0.15, 0.2) is 17.5 Å². The summed E-state index contributed by atoms with van der Waals surface area (Å²) in [7, 11) is 0. The van der Waals surface area contributed by atoms with Crippen LogP contribution in [0.4, 0.5) is 4.79 Å². The minimum absolute atomic E-state index is 0.0134. The van der Waals surface area contributed by atoms with Gasteiger partial charge in [0.15, 0.2) is 0 Å². The largest absolute Gasteiger partial charge is 0.338 e. The highest BCUT2D eigenvalue weighted by Crippen LogP contribution is 2.18. The van der Waals surface area contributed by atoms with E-state index in [9.17, 15) is 4.79 Å². The maximum atomic E-state index is 11.4. The first-order valence-electron chi connectivity index (χ1n) is 5.81. The number of carbonyl (C=O) groups is 1. The molecule has 0 bridgehead atoms. The van der Waals surface area contributed by atoms with E-state index in [0.29, 0.717) is 12.0 Å². The van der Waals surface area contributed by atoms with E-state index in [1.807, 2.05) is 0 Å². The molecule has 16 heavy (non-hydrogen) atoms. The molecule has 0 aromatic carbocycles. The molecule has 2 amide bonds. The Balaban J connectivity index is 1.62. The van der Waals surface area contributed by atoms with E-state index in [1.54, 1.807) is 11.3 Å². The molecule has 0 spiro atoms. The molecule has 0 saturated heterocycles. The van der Waals surface area contributed by atoms with Crippen molar-refractivity contribution in [2.45, 2.75) is 32.2 Å². The maximum Gasteiger partial charge on any atom is 0.315 e. The van der Waals surface area contributed by atoms with E-state index >= 15 is 0 Å². The van der Waals surface area contributed by atoms with E-state index in [4.69, 9.17) is 0 Å². The van der Waals surface area contributed by atoms with Crippen molar-refractivity contribution in [3.63, 3.8) is 0 Å². The minimum Gasteiger partial charge on any atom is -0.338 e. The highest BCUT2D eigenvalue weighted by molar-refractivity contribution is 7.09. The summed E-state index contributed by atoms with van der Waals surface area (Å²) in [5, 5.41) is 7.93. The van der Waals surface area contributed by atoms with Crippen LogP contribution in [0, 0.1) is 5.92 Å². The second-order valence-corrected chi connectivity index (χ2v) is 5.55. The molecule has 1 saturated carbocycles. The Morgan fingerprint density at radius 2 is 2.44 bits per heavy atom. The van der Waals surface area contributed by atoms with E-state index < -0.39 is 0 Å². The zero-order chi connectivity index (χ0) is 11.4. The van der Waals surface area contributed by atoms with Crippen molar-refractivity contribution in [2.24, 2.45) is 5.92 Å². The van der Waals surface area contributed by atoms with E-state index in [2.05, 4.69) is 35.1 Å². The second-order valence-electron chi connectivity index (χ2n) is 4.52. The molecule has 2 rings (SSSR count). The number of rotatable bonds is 5. The fourth-order valence-corrected chi connectivity index (χ4v) is 2.45. The van der Waals surface area contributed by atoms with Gasteiger partial charge in [0.05, 0.1) is 0 Å². The number of urea groups is 1. The Bertz CT molecular complexity index is 333. The van der Waals surface area contributed by atoms with Crippen LogP contribution >= 0.6 is 11.3 Å². The summed E-state index contributed by atoms with van der Waals surface area (Å²) in [6, 6.07) is 4.64. The van der Waals surface area contributed by atoms with E-state index in [1.165, 1.54) is 4.88 Å². The quantitative estimate of drug-likeness (QED) is 0.812. The summed E-state index contributed by atoms with van der Waals surface area (Å²) in [4.78, 5) is 12.8. The fraction of sp³-hybridized carbons (Fsp3) is 0.583. The average Bonchev–Trinajstić information content (AvgIpc) is 2.91. The van der Waals surface area contributed by atoms with Gasteiger partial charge in [-0.05, 0) is 36.6 Å². The van der Waals surface area contributed by atoms with Gasteiger partial charge in [-0.15, -0.1) is 11.3 Å². The number of amides is 2. The second kappa shape index (κ2) is 5.34. The van der Waals surface area contributed by atoms with Gasteiger partial charge in [0, 0.05) is 17.5 Å². The van der Waals surface area contributed by atoms with Crippen molar-refractivity contribution >= 4 is 17.4 Å². The van der Waals surface area contributed by atoms with Gasteiger partial charge < -0.3 is 10.6 Å². The van der Waals surface area contributed by atoms with Crippen LogP contribution in [0.1, 0.15) is 24.6 Å². The molecule has 0 unspecified atom stereocenters. The monoisotopic (exact) mass is 238 g/mol. The first-order valence-corrected chi connectivity index (χ1v) is 6.69. The van der Waals surface area contributed by atoms with Gasteiger partial charge >= 0.3 is 6.03 Å². The molecule has 1 aliphatic carbocycles. The van der Waals surface area contributed by atoms with Crippen LogP contribution in [-0.4, -0.2) is 18.6 Å². The highest BCUT2D eigenvalue weighted by atomic mass is 32.1. The van der Waals surface area contributed by atoms with Crippen molar-refractivity contribution < 1.29 is 4.79 Å². The van der Waals surface area contributed by atoms with Gasteiger partial charge in [-0.3, -0.25) is 0 Å². The summed E-state index contributed by atoms with van der Waals surface area (Å²) in [5.74, 6) is 0.489. The van der Waals surface area contributed by atoms with Gasteiger partial charge in [-0.25, -0.2) is 4.79 Å². The molecule has 88 valence electrons. The van der Waals surface area contributed by atoms with Gasteiger partial charge in [0.1, 0.15) is 0 Å². The normalized spacial score (nSPS) is 16.8. The van der Waals surface area contributed by atoms with Crippen molar-refractivity contribution in [2.75, 3.05) is 6.54 Å². The molecule has 1 aromatic rings. The Kier molecular flexibility index (Phi) is 3.83. The maximum absolute atomic E-state index is 11.4. The van der Waals surface area contributed by atoms with Crippen LogP contribution in [0.5, 0.6) is 0 Å². The number of nitrogens with one attached hydrogen (secondary N) is 2. The third-order valence-corrected chi connectivity index (χ3v) is 3.55. The van der Waals surface area contributed by atoms with Crippen LogP contribution < -0.4 is 10.6 Å². The number of hydrogen-bond donors (Lipinski definition) is 2. The molecule has 1 heterocycles. The molecule has 4 heteroatoms. The Hall–Kier alpha value is -1.03. The number of carbonyl (C=O) groups excluding carboxylic acids is 1. The van der Waals surface area contributed by atoms with Crippen LogP contribution in [0.3, 0.4) is 0 Å². The van der Waals surface area contributed by atoms with E-state index in [0.717, 1.165) is 25.8 Å². The molecule has 0 aliphatic heterocycles. The fourth-order valence-electron chi connectivity index (χ4n) is 1.58. The molecular weight excluding hydrogens is 220 g/mol. The summed E-state index contributed by atoms with van der Waals surface area (Å²) in [6.07, 6.45) is 3.32. The molecule has 1 fully saturated rings. The predicted molar refractivity (Wildman–Crippen MR) is 66.7 cm³/mol. The summed E-state index contributed by atoms with van der Waals surface area (Å²) < 4.78 is 0. The van der Waals surface area contributed by atoms with Crippen LogP contribution in [-0.2, 0) is 6.42 Å². The molecule has 2 N–H and O–H groups in total. The van der Waals surface area contributed by atoms with E-state index in [-0.39, 0.29) is 6.03 Å². The Labute approximate surface area is 100 Å². The highest BCUT2D eigenvalue weighted by Gasteiger charge is 2.23. The standard InChI is InChI=1S/C12H18N2OS/c1-9(7-11-3-2-6-16-11)8-13-12(15)14-10-4-5-10/h2-3,6,9-10H,4-5,7-8H2,1H3,(H2,13,14,15)/t9-/m0/s1. The molecule has 1 atom stereocenters. The molecule has 1 aliphatic rings. The number of thiophene rings is 1. The lowest BCUT2D eigenvalue weighted by Gasteiger charge is -2.12. The zero-order valence-corrected chi connectivity index (χ0v) is 10.3. The smallest absolute Gasteiger partial charge is 0.315 e. The zero-order valence-electron chi connectivity index (χ0n) is 9.53. The molecule has 0 radical (unpaired) electrons. The molecule has 3 nitrogen and oxygen atoms in total. The van der Waals surface area contributed by atoms with Crippen molar-refractivity contribution in [3.05, 3.63) is 22.4 Å². The van der Waals surface area contributed by atoms with Gasteiger partial charge in [-0.1, -0.05) is 13.0 Å². The summed E-state index contributed by atoms with van der Waals surface area (Å²) >= 11 is 1.78. The third-order valence-electron chi connectivity index (χ3n) is 2.65. The van der Waals surface area contributed by atoms with Crippen molar-refractivity contribution in [1.29, 1.82) is 0 Å². The van der Waals surface area contributed by atoms with Gasteiger partial charge in [0.2, 0.25) is 0 Å². The SMILES string of the molecule is C[C@H](CNC(=O)NC1CC1)Cc1cccs1. The Morgan fingerprint density at radius 3 is 3.06 bits per heavy atom. The predicted octanol–water partition coefficient (Wildman–Crippen LogP) is 2.39. The topological polar surface area (TPSA) is 41.1 Å². The van der Waals surface area contributed by atoms with Crippen molar-refractivity contribution in [1.82, 2.24) is 10.6 Å². The van der Waals surface area contributed by atoms with Crippen LogP contribution in [0.2, 0.25) is 0 Å². The summed E-state index contributed by atoms with van der Waals surface area (Å²) in [5.41, 5.74) is 0. The Morgan fingerprint density at radius 1 is 1.62 bits per heavy atom. The minimum atomic E-state index is -0.0134. The average molecular weight is 238 g/mol. The molecular formula is C12H18N2OS. The lowest BCUT2D eigenvalue weighted by molar-refractivity contribution is 0.239. The lowest BCUT2D eigenvalue weighted by atomic mass is 10.1. The van der Waals surface area contributed by atoms with Gasteiger partial charge in [0.25, 0.3) is 0 Å². The first kappa shape index (κ1) is 11.5. The first-order chi connectivity index (χ1) is 7.74. The summed E-state index contributed by atoms with van der Waals surface area (Å²) in [6.45, 7) is 2.91. The van der Waals surface area contributed by atoms with Gasteiger partial charge in [-0.2, -0.15) is 0 Å². The third kappa shape index (κ3) is 3.85. The lowest BCUT2D eigenvalue weighted by Crippen LogP contribution is -2.39. The van der Waals surface area contributed by atoms with Crippen LogP contribution in [0.25, 0.3) is 0 Å². The molecule has 1 aromatic heterocycles. The number of hydrogen-bond acceptors (Lipinski definition) is 2.